The number of benzene rings is 2. The van der Waals surface area contributed by atoms with Gasteiger partial charge in [-0.3, -0.25) is 9.59 Å². The van der Waals surface area contributed by atoms with Gasteiger partial charge in [0.05, 0.1) is 22.9 Å². The van der Waals surface area contributed by atoms with E-state index in [-0.39, 0.29) is 31.0 Å². The number of carbonyl (C=O) groups is 2. The Hall–Kier alpha value is -2.73. The second-order valence-corrected chi connectivity index (χ2v) is 6.62. The molecule has 0 spiro atoms. The van der Waals surface area contributed by atoms with Crippen LogP contribution in [0, 0.1) is 0 Å². The lowest BCUT2D eigenvalue weighted by atomic mass is 10.2. The molecule has 7 heteroatoms. The molecular weight excluding hydrogens is 354 g/mol. The molecule has 1 heterocycles. The zero-order chi connectivity index (χ0) is 18.7. The molecule has 6 nitrogen and oxygen atoms in total. The molecule has 0 fully saturated rings. The van der Waals surface area contributed by atoms with E-state index in [0.717, 1.165) is 5.69 Å². The molecule has 136 valence electrons. The Balaban J connectivity index is 1.74. The average molecular weight is 374 g/mol. The maximum absolute atomic E-state index is 12.7. The predicted octanol–water partition coefficient (Wildman–Crippen LogP) is 3.52. The van der Waals surface area contributed by atoms with Crippen LogP contribution in [0.5, 0.6) is 5.75 Å². The van der Waals surface area contributed by atoms with Gasteiger partial charge in [-0.2, -0.15) is 0 Å². The number of nitrogens with one attached hydrogen (secondary N) is 2. The van der Waals surface area contributed by atoms with Gasteiger partial charge in [0.15, 0.2) is 6.61 Å². The number of hydrogen-bond acceptors (Lipinski definition) is 4. The summed E-state index contributed by atoms with van der Waals surface area (Å²) in [6.45, 7) is 3.97. The lowest BCUT2D eigenvalue weighted by molar-refractivity contribution is -0.119. The topological polar surface area (TPSA) is 70.7 Å². The van der Waals surface area contributed by atoms with E-state index in [0.29, 0.717) is 22.1 Å². The van der Waals surface area contributed by atoms with Gasteiger partial charge in [0.1, 0.15) is 5.75 Å². The molecule has 0 aliphatic carbocycles. The van der Waals surface area contributed by atoms with Crippen LogP contribution in [0.15, 0.2) is 42.5 Å². The Kier molecular flexibility index (Phi) is 5.32. The Morgan fingerprint density at radius 3 is 2.73 bits per heavy atom. The van der Waals surface area contributed by atoms with Crippen molar-refractivity contribution in [2.75, 3.05) is 28.7 Å². The summed E-state index contributed by atoms with van der Waals surface area (Å²) in [6.07, 6.45) is 0. The molecule has 0 atom stereocenters. The van der Waals surface area contributed by atoms with Crippen molar-refractivity contribution < 1.29 is 14.3 Å². The minimum absolute atomic E-state index is 0.0178. The van der Waals surface area contributed by atoms with Crippen molar-refractivity contribution >= 4 is 40.5 Å². The zero-order valence-corrected chi connectivity index (χ0v) is 15.3. The number of rotatable bonds is 5. The van der Waals surface area contributed by atoms with E-state index in [9.17, 15) is 9.59 Å². The highest BCUT2D eigenvalue weighted by molar-refractivity contribution is 6.33. The molecule has 3 rings (SSSR count). The monoisotopic (exact) mass is 373 g/mol. The van der Waals surface area contributed by atoms with Gasteiger partial charge in [0.25, 0.3) is 5.91 Å². The van der Waals surface area contributed by atoms with E-state index in [1.165, 1.54) is 0 Å². The fourth-order valence-corrected chi connectivity index (χ4v) is 3.04. The highest BCUT2D eigenvalue weighted by Gasteiger charge is 2.21. The molecule has 2 aromatic rings. The summed E-state index contributed by atoms with van der Waals surface area (Å²) in [4.78, 5) is 25.8. The van der Waals surface area contributed by atoms with Gasteiger partial charge in [0.2, 0.25) is 5.91 Å². The summed E-state index contributed by atoms with van der Waals surface area (Å²) in [5.74, 6) is 0.224. The third-order valence-electron chi connectivity index (χ3n) is 3.95. The van der Waals surface area contributed by atoms with Gasteiger partial charge in [-0.25, -0.2) is 0 Å². The molecule has 2 amide bonds. The summed E-state index contributed by atoms with van der Waals surface area (Å²) in [6, 6.07) is 12.8. The Labute approximate surface area is 157 Å². The van der Waals surface area contributed by atoms with Crippen molar-refractivity contribution in [3.8, 4) is 5.75 Å². The normalized spacial score (nSPS) is 12.8. The molecule has 0 saturated carbocycles. The van der Waals surface area contributed by atoms with Crippen molar-refractivity contribution in [1.82, 2.24) is 0 Å². The Morgan fingerprint density at radius 1 is 1.31 bits per heavy atom. The number of fused-ring (bicyclic) bond motifs is 1. The third kappa shape index (κ3) is 3.91. The molecule has 0 radical (unpaired) electrons. The second kappa shape index (κ2) is 7.66. The van der Waals surface area contributed by atoms with Crippen LogP contribution < -0.4 is 20.3 Å². The first-order valence-corrected chi connectivity index (χ1v) is 8.70. The summed E-state index contributed by atoms with van der Waals surface area (Å²) in [7, 11) is 0. The number of nitrogens with zero attached hydrogens (tertiary/aromatic N) is 1. The highest BCUT2D eigenvalue weighted by Crippen LogP contribution is 2.36. The summed E-state index contributed by atoms with van der Waals surface area (Å²) < 4.78 is 5.39. The Bertz CT molecular complexity index is 824. The third-order valence-corrected chi connectivity index (χ3v) is 4.26. The molecule has 0 aromatic heterocycles. The molecule has 2 aromatic carbocycles. The van der Waals surface area contributed by atoms with E-state index < -0.39 is 0 Å². The van der Waals surface area contributed by atoms with Crippen molar-refractivity contribution in [3.63, 3.8) is 0 Å². The second-order valence-electron chi connectivity index (χ2n) is 6.21. The van der Waals surface area contributed by atoms with E-state index in [4.69, 9.17) is 16.3 Å². The molecule has 26 heavy (non-hydrogen) atoms. The predicted molar refractivity (Wildman–Crippen MR) is 103 cm³/mol. The molecular formula is C19H20ClN3O3. The van der Waals surface area contributed by atoms with Crippen molar-refractivity contribution in [2.45, 2.75) is 19.9 Å². The summed E-state index contributed by atoms with van der Waals surface area (Å²) in [5, 5.41) is 6.16. The lowest BCUT2D eigenvalue weighted by Crippen LogP contribution is -2.40. The number of hydrogen-bond donors (Lipinski definition) is 2. The Morgan fingerprint density at radius 2 is 2.04 bits per heavy atom. The average Bonchev–Trinajstić information content (AvgIpc) is 2.60. The molecule has 0 saturated heterocycles. The summed E-state index contributed by atoms with van der Waals surface area (Å²) >= 11 is 6.26. The number of carbonyl (C=O) groups excluding carboxylic acids is 2. The van der Waals surface area contributed by atoms with Gasteiger partial charge in [0, 0.05) is 17.8 Å². The molecule has 0 bridgehead atoms. The van der Waals surface area contributed by atoms with Crippen LogP contribution in [0.1, 0.15) is 13.8 Å². The quantitative estimate of drug-likeness (QED) is 0.841. The largest absolute Gasteiger partial charge is 0.482 e. The maximum atomic E-state index is 12.7. The van der Waals surface area contributed by atoms with Gasteiger partial charge in [-0.05, 0) is 32.0 Å². The van der Waals surface area contributed by atoms with Gasteiger partial charge in [-0.1, -0.05) is 29.8 Å². The van der Waals surface area contributed by atoms with Gasteiger partial charge < -0.3 is 20.3 Å². The number of para-hydroxylation sites is 1. The van der Waals surface area contributed by atoms with Crippen LogP contribution in [0.3, 0.4) is 0 Å². The van der Waals surface area contributed by atoms with Crippen LogP contribution >= 0.6 is 11.6 Å². The molecule has 2 N–H and O–H groups in total. The van der Waals surface area contributed by atoms with Crippen LogP contribution in [0.4, 0.5) is 17.1 Å². The number of amides is 2. The fourth-order valence-electron chi connectivity index (χ4n) is 2.81. The fraction of sp³-hybridized carbons (Fsp3) is 0.263. The minimum Gasteiger partial charge on any atom is -0.482 e. The molecule has 0 unspecified atom stereocenters. The standard InChI is InChI=1S/C19H20ClN3O3/c1-12(2)23(13-6-4-3-5-7-13)19(25)10-21-15-9-17-16(8-14(15)20)22-18(24)11-26-17/h3-9,12,21H,10-11H2,1-2H3,(H,22,24). The van der Waals surface area contributed by atoms with Crippen LogP contribution in [0.25, 0.3) is 0 Å². The first-order valence-electron chi connectivity index (χ1n) is 8.33. The van der Waals surface area contributed by atoms with Gasteiger partial charge >= 0.3 is 0 Å². The van der Waals surface area contributed by atoms with Crippen molar-refractivity contribution in [3.05, 3.63) is 47.5 Å². The molecule has 1 aliphatic heterocycles. The maximum Gasteiger partial charge on any atom is 0.262 e. The number of ether oxygens (including phenoxy) is 1. The van der Waals surface area contributed by atoms with Crippen LogP contribution in [-0.4, -0.2) is 31.0 Å². The molecule has 1 aliphatic rings. The lowest BCUT2D eigenvalue weighted by Gasteiger charge is -2.27. The number of halogens is 1. The van der Waals surface area contributed by atoms with Crippen LogP contribution in [-0.2, 0) is 9.59 Å². The van der Waals surface area contributed by atoms with E-state index in [1.807, 2.05) is 44.2 Å². The minimum atomic E-state index is -0.222. The first-order chi connectivity index (χ1) is 12.5. The van der Waals surface area contributed by atoms with Crippen molar-refractivity contribution in [2.24, 2.45) is 0 Å². The van der Waals surface area contributed by atoms with E-state index in [1.54, 1.807) is 17.0 Å². The van der Waals surface area contributed by atoms with Crippen LogP contribution in [0.2, 0.25) is 5.02 Å². The van der Waals surface area contributed by atoms with E-state index in [2.05, 4.69) is 10.6 Å². The van der Waals surface area contributed by atoms with Gasteiger partial charge in [-0.15, -0.1) is 0 Å². The first kappa shape index (κ1) is 18.1. The number of anilines is 3. The SMILES string of the molecule is CC(C)N(C(=O)CNc1cc2c(cc1Cl)NC(=O)CO2)c1ccccc1. The zero-order valence-electron chi connectivity index (χ0n) is 14.6. The van der Waals surface area contributed by atoms with Crippen molar-refractivity contribution in [1.29, 1.82) is 0 Å². The summed E-state index contributed by atoms with van der Waals surface area (Å²) in [5.41, 5.74) is 1.94. The smallest absolute Gasteiger partial charge is 0.262 e. The highest BCUT2D eigenvalue weighted by atomic mass is 35.5. The van der Waals surface area contributed by atoms with E-state index >= 15 is 0 Å².